The molecule has 138 valence electrons. The number of hydrogen-bond donors (Lipinski definition) is 0. The van der Waals surface area contributed by atoms with E-state index < -0.39 is 17.4 Å². The second-order valence-corrected chi connectivity index (χ2v) is 7.99. The Kier molecular flexibility index (Phi) is 5.73. The number of ether oxygens (including phenoxy) is 2. The van der Waals surface area contributed by atoms with Gasteiger partial charge in [0.2, 0.25) is 5.91 Å². The molecule has 2 atom stereocenters. The second kappa shape index (κ2) is 7.25. The number of nitrogens with zero attached hydrogens (tertiary/aromatic N) is 2. The van der Waals surface area contributed by atoms with Gasteiger partial charge in [-0.3, -0.25) is 4.79 Å². The van der Waals surface area contributed by atoms with Crippen LogP contribution in [0.5, 0.6) is 0 Å². The molecule has 0 aromatic carbocycles. The van der Waals surface area contributed by atoms with E-state index in [0.717, 1.165) is 12.8 Å². The van der Waals surface area contributed by atoms with Crippen LogP contribution in [0, 0.1) is 5.92 Å². The first-order valence-corrected chi connectivity index (χ1v) is 8.61. The maximum Gasteiger partial charge on any atom is 0.410 e. The molecule has 0 bridgehead atoms. The Hall–Kier alpha value is -1.37. The first-order valence-electron chi connectivity index (χ1n) is 8.61. The summed E-state index contributed by atoms with van der Waals surface area (Å²) in [6.07, 6.45) is 1.08. The highest BCUT2D eigenvalue weighted by molar-refractivity contribution is 5.79. The molecule has 0 N–H and O–H groups in total. The van der Waals surface area contributed by atoms with Crippen LogP contribution in [0.25, 0.3) is 0 Å². The van der Waals surface area contributed by atoms with E-state index in [1.165, 1.54) is 16.7 Å². The van der Waals surface area contributed by atoms with Gasteiger partial charge in [0.15, 0.2) is 0 Å². The van der Waals surface area contributed by atoms with Crippen molar-refractivity contribution < 1.29 is 23.5 Å². The predicted molar refractivity (Wildman–Crippen MR) is 87.4 cm³/mol. The molecule has 2 heterocycles. The van der Waals surface area contributed by atoms with Crippen molar-refractivity contribution >= 4 is 12.0 Å². The molecule has 2 aliphatic heterocycles. The Bertz CT molecular complexity index is 470. The lowest BCUT2D eigenvalue weighted by atomic mass is 10.00. The maximum atomic E-state index is 14.9. The Balaban J connectivity index is 2.03. The van der Waals surface area contributed by atoms with Gasteiger partial charge in [0, 0.05) is 19.7 Å². The van der Waals surface area contributed by atoms with Crippen LogP contribution in [-0.2, 0) is 14.3 Å². The third-order valence-electron chi connectivity index (χ3n) is 4.15. The first kappa shape index (κ1) is 19.0. The second-order valence-electron chi connectivity index (χ2n) is 7.99. The number of carbonyl (C=O) groups excluding carboxylic acids is 2. The van der Waals surface area contributed by atoms with Crippen molar-refractivity contribution in [2.75, 3.05) is 39.4 Å². The molecule has 0 aliphatic carbocycles. The Morgan fingerprint density at radius 3 is 2.42 bits per heavy atom. The van der Waals surface area contributed by atoms with Gasteiger partial charge in [0.1, 0.15) is 11.3 Å². The summed E-state index contributed by atoms with van der Waals surface area (Å²) < 4.78 is 25.6. The number of alkyl halides is 1. The maximum absolute atomic E-state index is 14.9. The van der Waals surface area contributed by atoms with Crippen LogP contribution in [0.3, 0.4) is 0 Å². The molecule has 2 unspecified atom stereocenters. The lowest BCUT2D eigenvalue weighted by Gasteiger charge is -2.31. The normalized spacial score (nSPS) is 29.1. The van der Waals surface area contributed by atoms with Gasteiger partial charge >= 0.3 is 6.09 Å². The molecule has 0 aromatic heterocycles. The molecule has 2 rings (SSSR count). The van der Waals surface area contributed by atoms with Gasteiger partial charge in [0.05, 0.1) is 25.6 Å². The van der Waals surface area contributed by atoms with E-state index in [-0.39, 0.29) is 31.5 Å². The summed E-state index contributed by atoms with van der Waals surface area (Å²) in [7, 11) is 0. The number of carbonyl (C=O) groups is 2. The summed E-state index contributed by atoms with van der Waals surface area (Å²) >= 11 is 0. The average molecular weight is 344 g/mol. The quantitative estimate of drug-likeness (QED) is 0.732. The summed E-state index contributed by atoms with van der Waals surface area (Å²) in [4.78, 5) is 27.8. The molecule has 0 spiro atoms. The van der Waals surface area contributed by atoms with Crippen LogP contribution in [-0.4, -0.2) is 72.5 Å². The first-order chi connectivity index (χ1) is 11.1. The molecule has 0 aromatic rings. The zero-order valence-electron chi connectivity index (χ0n) is 15.1. The van der Waals surface area contributed by atoms with Crippen molar-refractivity contribution in [2.45, 2.75) is 51.8 Å². The van der Waals surface area contributed by atoms with E-state index >= 15 is 0 Å². The lowest BCUT2D eigenvalue weighted by Crippen LogP contribution is -2.46. The van der Waals surface area contributed by atoms with Gasteiger partial charge in [0.25, 0.3) is 0 Å². The fraction of sp³-hybridized carbons (Fsp3) is 0.882. The van der Waals surface area contributed by atoms with E-state index in [0.29, 0.717) is 19.8 Å². The molecule has 2 fully saturated rings. The highest BCUT2D eigenvalue weighted by Gasteiger charge is 2.39. The Labute approximate surface area is 143 Å². The molecule has 2 aliphatic rings. The molecular formula is C17H29FN2O4. The number of amides is 2. The van der Waals surface area contributed by atoms with Crippen molar-refractivity contribution in [3.8, 4) is 0 Å². The summed E-state index contributed by atoms with van der Waals surface area (Å²) in [6, 6.07) is 0. The van der Waals surface area contributed by atoms with Crippen LogP contribution >= 0.6 is 0 Å². The zero-order chi connectivity index (χ0) is 18.0. The average Bonchev–Trinajstić information content (AvgIpc) is 2.64. The summed E-state index contributed by atoms with van der Waals surface area (Å²) in [5, 5.41) is 0. The highest BCUT2D eigenvalue weighted by atomic mass is 19.1. The number of rotatable bonds is 1. The minimum absolute atomic E-state index is 0.0123. The fourth-order valence-corrected chi connectivity index (χ4v) is 3.11. The summed E-state index contributed by atoms with van der Waals surface area (Å²) in [5.41, 5.74) is -2.30. The summed E-state index contributed by atoms with van der Waals surface area (Å²) in [6.45, 7) is 8.32. The molecule has 0 saturated carbocycles. The SMILES string of the molecule is CC1(F)CN(C(=O)OC(C)(C)C)CCN(C(=O)C2CCCOC2)C1. The summed E-state index contributed by atoms with van der Waals surface area (Å²) in [5.74, 6) is -0.285. The predicted octanol–water partition coefficient (Wildman–Crippen LogP) is 2.22. The van der Waals surface area contributed by atoms with Crippen molar-refractivity contribution in [1.29, 1.82) is 0 Å². The minimum atomic E-state index is -1.67. The van der Waals surface area contributed by atoms with E-state index in [1.807, 2.05) is 0 Å². The van der Waals surface area contributed by atoms with Gasteiger partial charge in [-0.2, -0.15) is 0 Å². The third-order valence-corrected chi connectivity index (χ3v) is 4.15. The number of hydrogen-bond acceptors (Lipinski definition) is 4. The molecule has 0 radical (unpaired) electrons. The van der Waals surface area contributed by atoms with Gasteiger partial charge < -0.3 is 19.3 Å². The molecule has 6 nitrogen and oxygen atoms in total. The van der Waals surface area contributed by atoms with Crippen LogP contribution in [0.4, 0.5) is 9.18 Å². The van der Waals surface area contributed by atoms with Crippen molar-refractivity contribution in [1.82, 2.24) is 9.80 Å². The van der Waals surface area contributed by atoms with E-state index in [2.05, 4.69) is 0 Å². The zero-order valence-corrected chi connectivity index (χ0v) is 15.1. The van der Waals surface area contributed by atoms with Gasteiger partial charge in [-0.05, 0) is 40.5 Å². The van der Waals surface area contributed by atoms with Crippen molar-refractivity contribution in [3.63, 3.8) is 0 Å². The van der Waals surface area contributed by atoms with Crippen LogP contribution in [0.15, 0.2) is 0 Å². The largest absolute Gasteiger partial charge is 0.444 e. The van der Waals surface area contributed by atoms with Crippen LogP contribution < -0.4 is 0 Å². The minimum Gasteiger partial charge on any atom is -0.444 e. The van der Waals surface area contributed by atoms with Gasteiger partial charge in [-0.1, -0.05) is 0 Å². The topological polar surface area (TPSA) is 59.1 Å². The molecule has 24 heavy (non-hydrogen) atoms. The fourth-order valence-electron chi connectivity index (χ4n) is 3.11. The van der Waals surface area contributed by atoms with E-state index in [1.54, 1.807) is 20.8 Å². The third kappa shape index (κ3) is 5.33. The highest BCUT2D eigenvalue weighted by Crippen LogP contribution is 2.23. The number of halogens is 1. The van der Waals surface area contributed by atoms with Gasteiger partial charge in [-0.15, -0.1) is 0 Å². The molecular weight excluding hydrogens is 315 g/mol. The van der Waals surface area contributed by atoms with Crippen molar-refractivity contribution in [3.05, 3.63) is 0 Å². The van der Waals surface area contributed by atoms with E-state index in [4.69, 9.17) is 9.47 Å². The lowest BCUT2D eigenvalue weighted by molar-refractivity contribution is -0.141. The monoisotopic (exact) mass is 344 g/mol. The van der Waals surface area contributed by atoms with Crippen LogP contribution in [0.1, 0.15) is 40.5 Å². The molecule has 7 heteroatoms. The van der Waals surface area contributed by atoms with Gasteiger partial charge in [-0.25, -0.2) is 9.18 Å². The van der Waals surface area contributed by atoms with E-state index in [9.17, 15) is 14.0 Å². The molecule has 2 amide bonds. The Morgan fingerprint density at radius 1 is 1.21 bits per heavy atom. The smallest absolute Gasteiger partial charge is 0.410 e. The van der Waals surface area contributed by atoms with Crippen LogP contribution in [0.2, 0.25) is 0 Å². The standard InChI is InChI=1S/C17H29FN2O4/c1-16(2,3)24-15(22)20-8-7-19(11-17(4,18)12-20)14(21)13-6-5-9-23-10-13/h13H,5-12H2,1-4H3. The molecule has 2 saturated heterocycles. The van der Waals surface area contributed by atoms with Crippen molar-refractivity contribution in [2.24, 2.45) is 5.92 Å². The Morgan fingerprint density at radius 2 is 1.83 bits per heavy atom.